The molecule has 4 nitrogen and oxygen atoms in total. The van der Waals surface area contributed by atoms with Crippen molar-refractivity contribution in [3.8, 4) is 0 Å². The van der Waals surface area contributed by atoms with Gasteiger partial charge in [-0.3, -0.25) is 0 Å². The van der Waals surface area contributed by atoms with Crippen molar-refractivity contribution >= 4 is 37.1 Å². The van der Waals surface area contributed by atoms with E-state index in [9.17, 15) is 12.8 Å². The minimum Gasteiger partial charge on any atom is -0.397 e. The molecule has 0 aromatic heterocycles. The summed E-state index contributed by atoms with van der Waals surface area (Å²) in [7, 11) is -2.98. The Balaban J connectivity index is 2.29. The van der Waals surface area contributed by atoms with Crippen molar-refractivity contribution in [3.05, 3.63) is 22.4 Å². The van der Waals surface area contributed by atoms with Crippen LogP contribution in [0.15, 0.2) is 16.6 Å². The summed E-state index contributed by atoms with van der Waals surface area (Å²) in [6.45, 7) is 0.929. The minimum absolute atomic E-state index is 0.0874. The van der Waals surface area contributed by atoms with Crippen LogP contribution in [-0.2, 0) is 9.84 Å². The molecule has 1 heterocycles. The highest BCUT2D eigenvalue weighted by molar-refractivity contribution is 9.10. The van der Waals surface area contributed by atoms with Crippen LogP contribution >= 0.6 is 15.9 Å². The summed E-state index contributed by atoms with van der Waals surface area (Å²) in [5.41, 5.74) is 6.86. The molecule has 0 atom stereocenters. The number of nitrogens with zero attached hydrogens (tertiary/aromatic N) is 1. The summed E-state index contributed by atoms with van der Waals surface area (Å²) in [6, 6.07) is 2.85. The average Bonchev–Trinajstić information content (AvgIpc) is 2.45. The number of anilines is 2. The van der Waals surface area contributed by atoms with Gasteiger partial charge in [0.1, 0.15) is 5.82 Å². The third-order valence-electron chi connectivity index (χ3n) is 2.97. The zero-order valence-electron chi connectivity index (χ0n) is 9.70. The van der Waals surface area contributed by atoms with Crippen LogP contribution in [0, 0.1) is 5.82 Å². The highest BCUT2D eigenvalue weighted by atomic mass is 79.9. The van der Waals surface area contributed by atoms with Crippen LogP contribution in [0.25, 0.3) is 0 Å². The van der Waals surface area contributed by atoms with E-state index in [1.807, 2.05) is 4.90 Å². The van der Waals surface area contributed by atoms with Gasteiger partial charge in [0.15, 0.2) is 9.84 Å². The monoisotopic (exact) mass is 336 g/mol. The molecule has 0 aliphatic carbocycles. The van der Waals surface area contributed by atoms with E-state index < -0.39 is 15.7 Å². The SMILES string of the molecule is Nc1cc(Br)c(F)cc1N1CCCS(=O)(=O)CC1. The highest BCUT2D eigenvalue weighted by Gasteiger charge is 2.21. The van der Waals surface area contributed by atoms with E-state index in [4.69, 9.17) is 5.73 Å². The number of hydrogen-bond donors (Lipinski definition) is 1. The molecule has 1 aliphatic rings. The van der Waals surface area contributed by atoms with Crippen LogP contribution in [-0.4, -0.2) is 33.0 Å². The van der Waals surface area contributed by atoms with Crippen molar-refractivity contribution in [2.75, 3.05) is 35.2 Å². The van der Waals surface area contributed by atoms with Crippen LogP contribution < -0.4 is 10.6 Å². The van der Waals surface area contributed by atoms with Gasteiger partial charge in [-0.2, -0.15) is 0 Å². The van der Waals surface area contributed by atoms with E-state index in [1.165, 1.54) is 12.1 Å². The largest absolute Gasteiger partial charge is 0.397 e. The van der Waals surface area contributed by atoms with Crippen LogP contribution in [0.5, 0.6) is 0 Å². The van der Waals surface area contributed by atoms with Crippen molar-refractivity contribution in [2.24, 2.45) is 0 Å². The molecule has 7 heteroatoms. The minimum atomic E-state index is -2.98. The Hall–Kier alpha value is -0.820. The Kier molecular flexibility index (Phi) is 3.82. The first-order valence-corrected chi connectivity index (χ1v) is 8.20. The molecule has 0 spiro atoms. The number of nitrogen functional groups attached to an aromatic ring is 1. The standard InChI is InChI=1S/C11H14BrFN2O2S/c12-8-6-10(14)11(7-9(8)13)15-2-1-4-18(16,17)5-3-15/h6-7H,1-5,14H2. The van der Waals surface area contributed by atoms with Crippen LogP contribution in [0.3, 0.4) is 0 Å². The second-order valence-corrected chi connectivity index (χ2v) is 7.48. The molecule has 0 amide bonds. The van der Waals surface area contributed by atoms with Crippen LogP contribution in [0.2, 0.25) is 0 Å². The lowest BCUT2D eigenvalue weighted by atomic mass is 10.2. The normalized spacial score (nSPS) is 19.6. The lowest BCUT2D eigenvalue weighted by Crippen LogP contribution is -2.27. The van der Waals surface area contributed by atoms with E-state index in [1.54, 1.807) is 0 Å². The molecule has 0 bridgehead atoms. The van der Waals surface area contributed by atoms with Gasteiger partial charge >= 0.3 is 0 Å². The zero-order chi connectivity index (χ0) is 13.3. The van der Waals surface area contributed by atoms with E-state index in [0.29, 0.717) is 35.4 Å². The Labute approximate surface area is 114 Å². The van der Waals surface area contributed by atoms with Crippen LogP contribution in [0.1, 0.15) is 6.42 Å². The number of halogens is 2. The molecule has 1 saturated heterocycles. The molecule has 2 N–H and O–H groups in total. The molecule has 1 aliphatic heterocycles. The van der Waals surface area contributed by atoms with Crippen molar-refractivity contribution < 1.29 is 12.8 Å². The van der Waals surface area contributed by atoms with Gasteiger partial charge in [-0.25, -0.2) is 12.8 Å². The third-order valence-corrected chi connectivity index (χ3v) is 5.29. The van der Waals surface area contributed by atoms with E-state index >= 15 is 0 Å². The van der Waals surface area contributed by atoms with Gasteiger partial charge in [0.25, 0.3) is 0 Å². The summed E-state index contributed by atoms with van der Waals surface area (Å²) in [6.07, 6.45) is 0.541. The summed E-state index contributed by atoms with van der Waals surface area (Å²) < 4.78 is 36.9. The summed E-state index contributed by atoms with van der Waals surface area (Å²) in [5, 5.41) is 0. The van der Waals surface area contributed by atoms with Gasteiger partial charge in [0.2, 0.25) is 0 Å². The zero-order valence-corrected chi connectivity index (χ0v) is 12.1. The molecule has 0 unspecified atom stereocenters. The average molecular weight is 337 g/mol. The smallest absolute Gasteiger partial charge is 0.152 e. The molecular weight excluding hydrogens is 323 g/mol. The maximum atomic E-state index is 13.5. The summed E-state index contributed by atoms with van der Waals surface area (Å²) in [4.78, 5) is 1.83. The van der Waals surface area contributed by atoms with Gasteiger partial charge in [-0.05, 0) is 28.4 Å². The number of sulfone groups is 1. The fraction of sp³-hybridized carbons (Fsp3) is 0.455. The van der Waals surface area contributed by atoms with Gasteiger partial charge < -0.3 is 10.6 Å². The maximum Gasteiger partial charge on any atom is 0.152 e. The van der Waals surface area contributed by atoms with Gasteiger partial charge in [0, 0.05) is 19.2 Å². The first-order chi connectivity index (χ1) is 8.39. The molecule has 18 heavy (non-hydrogen) atoms. The molecular formula is C11H14BrFN2O2S. The Morgan fingerprint density at radius 1 is 1.28 bits per heavy atom. The van der Waals surface area contributed by atoms with E-state index in [-0.39, 0.29) is 11.5 Å². The molecule has 100 valence electrons. The number of hydrogen-bond acceptors (Lipinski definition) is 4. The third kappa shape index (κ3) is 2.95. The van der Waals surface area contributed by atoms with Crippen LogP contribution in [0.4, 0.5) is 15.8 Å². The fourth-order valence-electron chi connectivity index (χ4n) is 2.00. The Morgan fingerprint density at radius 2 is 2.00 bits per heavy atom. The summed E-state index contributed by atoms with van der Waals surface area (Å²) in [5.74, 6) is -0.127. The molecule has 1 fully saturated rings. The number of benzene rings is 1. The molecule has 0 radical (unpaired) electrons. The molecule has 2 rings (SSSR count). The topological polar surface area (TPSA) is 63.4 Å². The quantitative estimate of drug-likeness (QED) is 0.794. The van der Waals surface area contributed by atoms with Crippen molar-refractivity contribution in [2.45, 2.75) is 6.42 Å². The maximum absolute atomic E-state index is 13.5. The predicted octanol–water partition coefficient (Wildman–Crippen LogP) is 1.80. The van der Waals surface area contributed by atoms with Gasteiger partial charge in [0.05, 0.1) is 27.4 Å². The summed E-state index contributed by atoms with van der Waals surface area (Å²) >= 11 is 3.07. The van der Waals surface area contributed by atoms with Crippen molar-refractivity contribution in [3.63, 3.8) is 0 Å². The van der Waals surface area contributed by atoms with E-state index in [0.717, 1.165) is 0 Å². The predicted molar refractivity (Wildman–Crippen MR) is 74.0 cm³/mol. The second-order valence-electron chi connectivity index (χ2n) is 4.32. The fourth-order valence-corrected chi connectivity index (χ4v) is 3.64. The second kappa shape index (κ2) is 5.05. The Bertz CT molecular complexity index is 562. The van der Waals surface area contributed by atoms with E-state index in [2.05, 4.69) is 15.9 Å². The Morgan fingerprint density at radius 3 is 2.72 bits per heavy atom. The van der Waals surface area contributed by atoms with Gasteiger partial charge in [-0.15, -0.1) is 0 Å². The molecule has 0 saturated carbocycles. The lowest BCUT2D eigenvalue weighted by Gasteiger charge is -2.24. The molecule has 1 aromatic carbocycles. The number of rotatable bonds is 1. The highest BCUT2D eigenvalue weighted by Crippen LogP contribution is 2.30. The van der Waals surface area contributed by atoms with Gasteiger partial charge in [-0.1, -0.05) is 0 Å². The van der Waals surface area contributed by atoms with Crippen molar-refractivity contribution in [1.82, 2.24) is 0 Å². The lowest BCUT2D eigenvalue weighted by molar-refractivity contribution is 0.597. The van der Waals surface area contributed by atoms with Crippen molar-refractivity contribution in [1.29, 1.82) is 0 Å². The number of nitrogens with two attached hydrogens (primary N) is 1. The first kappa shape index (κ1) is 13.6. The molecule has 1 aromatic rings. The first-order valence-electron chi connectivity index (χ1n) is 5.59.